The van der Waals surface area contributed by atoms with E-state index in [9.17, 15) is 13.2 Å². The van der Waals surface area contributed by atoms with Crippen LogP contribution in [0.3, 0.4) is 0 Å². The van der Waals surface area contributed by atoms with Gasteiger partial charge in [0.2, 0.25) is 5.91 Å². The molecule has 1 aromatic carbocycles. The molecule has 0 radical (unpaired) electrons. The summed E-state index contributed by atoms with van der Waals surface area (Å²) in [4.78, 5) is 19.2. The summed E-state index contributed by atoms with van der Waals surface area (Å²) in [6.45, 7) is 0.130. The Bertz CT molecular complexity index is 961. The lowest BCUT2D eigenvalue weighted by Gasteiger charge is -2.21. The van der Waals surface area contributed by atoms with Crippen LogP contribution < -0.4 is 5.32 Å². The third-order valence-electron chi connectivity index (χ3n) is 4.49. The Morgan fingerprint density at radius 2 is 2.15 bits per heavy atom. The molecule has 1 unspecified atom stereocenters. The predicted octanol–water partition coefficient (Wildman–Crippen LogP) is 1.66. The molecule has 0 bridgehead atoms. The van der Waals surface area contributed by atoms with Gasteiger partial charge in [-0.25, -0.2) is 13.4 Å². The molecule has 1 aliphatic heterocycles. The first kappa shape index (κ1) is 19.5. The van der Waals surface area contributed by atoms with Crippen molar-refractivity contribution in [3.8, 4) is 6.07 Å². The first-order chi connectivity index (χ1) is 12.8. The van der Waals surface area contributed by atoms with Crippen LogP contribution in [0, 0.1) is 11.3 Å². The first-order valence-corrected chi connectivity index (χ1v) is 11.1. The van der Waals surface area contributed by atoms with Gasteiger partial charge in [-0.3, -0.25) is 9.69 Å². The second-order valence-corrected chi connectivity index (χ2v) is 9.98. The molecule has 0 aliphatic carbocycles. The summed E-state index contributed by atoms with van der Waals surface area (Å²) in [7, 11) is -1.20. The molecule has 1 atom stereocenters. The molecule has 7 nitrogen and oxygen atoms in total. The Balaban J connectivity index is 1.52. The zero-order valence-corrected chi connectivity index (χ0v) is 16.5. The first-order valence-electron chi connectivity index (χ1n) is 8.49. The van der Waals surface area contributed by atoms with Crippen molar-refractivity contribution >= 4 is 32.2 Å². The summed E-state index contributed by atoms with van der Waals surface area (Å²) in [5.74, 6) is 0.0958. The molecule has 1 amide bonds. The van der Waals surface area contributed by atoms with Gasteiger partial charge in [-0.2, -0.15) is 5.26 Å². The monoisotopic (exact) mass is 404 g/mol. The fourth-order valence-corrected chi connectivity index (χ4v) is 5.65. The van der Waals surface area contributed by atoms with Crippen LogP contribution in [0.2, 0.25) is 0 Å². The summed E-state index contributed by atoms with van der Waals surface area (Å²) in [6.07, 6.45) is 2.98. The van der Waals surface area contributed by atoms with Gasteiger partial charge in [0.15, 0.2) is 15.0 Å². The lowest BCUT2D eigenvalue weighted by atomic mass is 10.1. The van der Waals surface area contributed by atoms with Crippen LogP contribution in [0.25, 0.3) is 0 Å². The highest BCUT2D eigenvalue weighted by Crippen LogP contribution is 2.22. The van der Waals surface area contributed by atoms with Crippen LogP contribution in [0.15, 0.2) is 30.5 Å². The summed E-state index contributed by atoms with van der Waals surface area (Å²) in [6, 6.07) is 9.34. The number of hydrogen-bond donors (Lipinski definition) is 1. The standard InChI is InChI=1S/C18H20N4O3S2/c1-22(15-6-7-27(24,25)12-15)11-17(23)21-18-20-10-16(26-18)8-13-2-4-14(9-19)5-3-13/h2-5,10,15H,6-8,11-12H2,1H3,(H,20,21,23). The number of sulfone groups is 1. The molecule has 1 N–H and O–H groups in total. The Morgan fingerprint density at radius 1 is 1.41 bits per heavy atom. The second-order valence-electron chi connectivity index (χ2n) is 6.64. The van der Waals surface area contributed by atoms with E-state index in [0.29, 0.717) is 23.5 Å². The number of likely N-dealkylation sites (N-methyl/N-ethyl adjacent to an activating group) is 1. The normalized spacial score (nSPS) is 18.3. The zero-order valence-electron chi connectivity index (χ0n) is 14.9. The molecule has 2 aromatic rings. The number of benzene rings is 1. The lowest BCUT2D eigenvalue weighted by Crippen LogP contribution is -2.38. The number of nitriles is 1. The quantitative estimate of drug-likeness (QED) is 0.785. The van der Waals surface area contributed by atoms with Crippen LogP contribution >= 0.6 is 11.3 Å². The van der Waals surface area contributed by atoms with E-state index in [1.807, 2.05) is 12.1 Å². The SMILES string of the molecule is CN(CC(=O)Nc1ncc(Cc2ccc(C#N)cc2)s1)C1CCS(=O)(=O)C1. The topological polar surface area (TPSA) is 103 Å². The molecular weight excluding hydrogens is 384 g/mol. The van der Waals surface area contributed by atoms with Gasteiger partial charge in [0.1, 0.15) is 0 Å². The van der Waals surface area contributed by atoms with Crippen molar-refractivity contribution in [2.24, 2.45) is 0 Å². The van der Waals surface area contributed by atoms with Crippen molar-refractivity contribution in [1.82, 2.24) is 9.88 Å². The number of hydrogen-bond acceptors (Lipinski definition) is 7. The van der Waals surface area contributed by atoms with Crippen molar-refractivity contribution in [1.29, 1.82) is 5.26 Å². The summed E-state index contributed by atoms with van der Waals surface area (Å²) in [5, 5.41) is 12.1. The third-order valence-corrected chi connectivity index (χ3v) is 7.15. The number of carbonyl (C=O) groups is 1. The van der Waals surface area contributed by atoms with Crippen LogP contribution in [-0.4, -0.2) is 55.3 Å². The zero-order chi connectivity index (χ0) is 19.4. The molecular formula is C18H20N4O3S2. The van der Waals surface area contributed by atoms with Gasteiger partial charge in [-0.05, 0) is 31.2 Å². The maximum atomic E-state index is 12.2. The van der Waals surface area contributed by atoms with E-state index in [0.717, 1.165) is 10.4 Å². The molecule has 0 spiro atoms. The number of nitrogens with one attached hydrogen (secondary N) is 1. The summed E-state index contributed by atoms with van der Waals surface area (Å²) >= 11 is 1.40. The fraction of sp³-hybridized carbons (Fsp3) is 0.389. The molecule has 1 fully saturated rings. The maximum absolute atomic E-state index is 12.2. The average Bonchev–Trinajstić information content (AvgIpc) is 3.21. The van der Waals surface area contributed by atoms with Crippen LogP contribution in [-0.2, 0) is 21.1 Å². The van der Waals surface area contributed by atoms with E-state index >= 15 is 0 Å². The van der Waals surface area contributed by atoms with Gasteiger partial charge in [-0.15, -0.1) is 11.3 Å². The van der Waals surface area contributed by atoms with Gasteiger partial charge < -0.3 is 5.32 Å². The number of thiazole rings is 1. The van der Waals surface area contributed by atoms with Crippen molar-refractivity contribution < 1.29 is 13.2 Å². The predicted molar refractivity (Wildman–Crippen MR) is 104 cm³/mol. The lowest BCUT2D eigenvalue weighted by molar-refractivity contribution is -0.117. The van der Waals surface area contributed by atoms with Gasteiger partial charge in [0.05, 0.1) is 29.7 Å². The second kappa shape index (κ2) is 8.17. The van der Waals surface area contributed by atoms with E-state index in [1.54, 1.807) is 30.3 Å². The number of carbonyl (C=O) groups excluding carboxylic acids is 1. The number of rotatable bonds is 6. The minimum absolute atomic E-state index is 0.107. The summed E-state index contributed by atoms with van der Waals surface area (Å²) in [5.41, 5.74) is 1.69. The van der Waals surface area contributed by atoms with E-state index in [-0.39, 0.29) is 30.0 Å². The van der Waals surface area contributed by atoms with Crippen molar-refractivity contribution in [2.75, 3.05) is 30.4 Å². The van der Waals surface area contributed by atoms with Crippen molar-refractivity contribution in [2.45, 2.75) is 18.9 Å². The van der Waals surface area contributed by atoms with E-state index in [2.05, 4.69) is 16.4 Å². The van der Waals surface area contributed by atoms with Crippen molar-refractivity contribution in [3.63, 3.8) is 0 Å². The van der Waals surface area contributed by atoms with Gasteiger partial charge in [0, 0.05) is 23.5 Å². The Labute approximate surface area is 162 Å². The molecule has 1 aliphatic rings. The van der Waals surface area contributed by atoms with Crippen LogP contribution in [0.1, 0.15) is 22.4 Å². The molecule has 3 rings (SSSR count). The number of anilines is 1. The molecule has 1 saturated heterocycles. The highest BCUT2D eigenvalue weighted by atomic mass is 32.2. The molecule has 142 valence electrons. The Hall–Kier alpha value is -2.28. The van der Waals surface area contributed by atoms with E-state index in [1.165, 1.54) is 11.3 Å². The Kier molecular flexibility index (Phi) is 5.89. The van der Waals surface area contributed by atoms with Gasteiger partial charge in [-0.1, -0.05) is 12.1 Å². The van der Waals surface area contributed by atoms with Crippen LogP contribution in [0.5, 0.6) is 0 Å². The number of nitrogens with zero attached hydrogens (tertiary/aromatic N) is 3. The largest absolute Gasteiger partial charge is 0.301 e. The number of aromatic nitrogens is 1. The minimum atomic E-state index is -2.97. The number of amides is 1. The fourth-order valence-electron chi connectivity index (χ4n) is 2.98. The highest BCUT2D eigenvalue weighted by Gasteiger charge is 2.31. The molecule has 1 aromatic heterocycles. The minimum Gasteiger partial charge on any atom is -0.301 e. The van der Waals surface area contributed by atoms with E-state index in [4.69, 9.17) is 5.26 Å². The van der Waals surface area contributed by atoms with Gasteiger partial charge in [0.25, 0.3) is 0 Å². The highest BCUT2D eigenvalue weighted by molar-refractivity contribution is 7.91. The Morgan fingerprint density at radius 3 is 2.78 bits per heavy atom. The molecule has 2 heterocycles. The maximum Gasteiger partial charge on any atom is 0.240 e. The summed E-state index contributed by atoms with van der Waals surface area (Å²) < 4.78 is 23.1. The molecule has 9 heteroatoms. The molecule has 27 heavy (non-hydrogen) atoms. The van der Waals surface area contributed by atoms with Gasteiger partial charge >= 0.3 is 0 Å². The average molecular weight is 405 g/mol. The van der Waals surface area contributed by atoms with Crippen molar-refractivity contribution in [3.05, 3.63) is 46.5 Å². The third kappa shape index (κ3) is 5.35. The molecule has 0 saturated carbocycles. The smallest absolute Gasteiger partial charge is 0.240 e. The van der Waals surface area contributed by atoms with E-state index < -0.39 is 9.84 Å². The van der Waals surface area contributed by atoms with Crippen LogP contribution in [0.4, 0.5) is 5.13 Å².